The van der Waals surface area contributed by atoms with Crippen molar-refractivity contribution in [2.24, 2.45) is 5.92 Å². The van der Waals surface area contributed by atoms with Gasteiger partial charge >= 0.3 is 11.9 Å². The number of hydrogen-bond donors (Lipinski definition) is 0. The molecule has 0 unspecified atom stereocenters. The minimum absolute atomic E-state index is 0.390. The van der Waals surface area contributed by atoms with Gasteiger partial charge in [-0.25, -0.2) is 0 Å². The molecular weight excluding hydrogens is 288 g/mol. The SMILES string of the molecule is CCOC(C#CCCCCC(C(=O)OC)C(=O)OC)OCC. The third kappa shape index (κ3) is 8.65. The molecule has 0 heterocycles. The lowest BCUT2D eigenvalue weighted by Crippen LogP contribution is -2.26. The van der Waals surface area contributed by atoms with E-state index in [2.05, 4.69) is 21.3 Å². The van der Waals surface area contributed by atoms with E-state index in [0.29, 0.717) is 32.5 Å². The zero-order chi connectivity index (χ0) is 16.8. The van der Waals surface area contributed by atoms with Gasteiger partial charge < -0.3 is 18.9 Å². The Morgan fingerprint density at radius 2 is 1.50 bits per heavy atom. The number of carbonyl (C=O) groups is 2. The first-order chi connectivity index (χ1) is 10.6. The summed E-state index contributed by atoms with van der Waals surface area (Å²) >= 11 is 0. The molecule has 0 saturated carbocycles. The molecule has 0 rings (SSSR count). The molecule has 0 aliphatic carbocycles. The van der Waals surface area contributed by atoms with E-state index in [9.17, 15) is 9.59 Å². The monoisotopic (exact) mass is 314 g/mol. The summed E-state index contributed by atoms with van der Waals surface area (Å²) in [4.78, 5) is 23.0. The lowest BCUT2D eigenvalue weighted by Gasteiger charge is -2.11. The van der Waals surface area contributed by atoms with Crippen LogP contribution in [0.4, 0.5) is 0 Å². The van der Waals surface area contributed by atoms with Gasteiger partial charge in [-0.05, 0) is 32.6 Å². The van der Waals surface area contributed by atoms with Crippen molar-refractivity contribution < 1.29 is 28.5 Å². The summed E-state index contributed by atoms with van der Waals surface area (Å²) in [6, 6.07) is 0. The molecule has 6 nitrogen and oxygen atoms in total. The summed E-state index contributed by atoms with van der Waals surface area (Å²) in [7, 11) is 2.51. The van der Waals surface area contributed by atoms with E-state index in [1.54, 1.807) is 0 Å². The second-order valence-electron chi connectivity index (χ2n) is 4.41. The Bertz CT molecular complexity index is 360. The van der Waals surface area contributed by atoms with Gasteiger partial charge in [-0.2, -0.15) is 0 Å². The first-order valence-corrected chi connectivity index (χ1v) is 7.47. The summed E-state index contributed by atoms with van der Waals surface area (Å²) < 4.78 is 19.8. The minimum Gasteiger partial charge on any atom is -0.468 e. The normalized spacial score (nSPS) is 10.3. The van der Waals surface area contributed by atoms with E-state index < -0.39 is 24.1 Å². The van der Waals surface area contributed by atoms with Crippen molar-refractivity contribution in [1.29, 1.82) is 0 Å². The zero-order valence-corrected chi connectivity index (χ0v) is 13.8. The summed E-state index contributed by atoms with van der Waals surface area (Å²) in [6.07, 6.45) is 1.99. The molecule has 0 amide bonds. The van der Waals surface area contributed by atoms with Gasteiger partial charge in [0.2, 0.25) is 6.29 Å². The quantitative estimate of drug-likeness (QED) is 0.202. The Balaban J connectivity index is 4.13. The van der Waals surface area contributed by atoms with Crippen LogP contribution in [0.3, 0.4) is 0 Å². The summed E-state index contributed by atoms with van der Waals surface area (Å²) in [5, 5.41) is 0. The maximum absolute atomic E-state index is 11.5. The molecule has 0 atom stereocenters. The van der Waals surface area contributed by atoms with Crippen LogP contribution >= 0.6 is 0 Å². The zero-order valence-electron chi connectivity index (χ0n) is 13.8. The van der Waals surface area contributed by atoms with E-state index in [4.69, 9.17) is 9.47 Å². The highest BCUT2D eigenvalue weighted by molar-refractivity contribution is 5.94. The molecule has 0 fully saturated rings. The van der Waals surface area contributed by atoms with Gasteiger partial charge in [0.25, 0.3) is 0 Å². The number of esters is 2. The summed E-state index contributed by atoms with van der Waals surface area (Å²) in [6.45, 7) is 4.85. The molecule has 22 heavy (non-hydrogen) atoms. The van der Waals surface area contributed by atoms with Crippen LogP contribution in [-0.4, -0.2) is 45.7 Å². The molecule has 126 valence electrons. The topological polar surface area (TPSA) is 71.1 Å². The van der Waals surface area contributed by atoms with Gasteiger partial charge in [-0.15, -0.1) is 0 Å². The van der Waals surface area contributed by atoms with Crippen molar-refractivity contribution in [3.05, 3.63) is 0 Å². The van der Waals surface area contributed by atoms with Crippen LogP contribution in [0.2, 0.25) is 0 Å². The Morgan fingerprint density at radius 1 is 0.955 bits per heavy atom. The highest BCUT2D eigenvalue weighted by Crippen LogP contribution is 2.13. The third-order valence-electron chi connectivity index (χ3n) is 2.87. The van der Waals surface area contributed by atoms with Crippen LogP contribution in [0.15, 0.2) is 0 Å². The predicted octanol–water partition coefficient (Wildman–Crippen LogP) is 1.91. The maximum atomic E-state index is 11.5. The molecule has 6 heteroatoms. The van der Waals surface area contributed by atoms with Crippen LogP contribution in [0.25, 0.3) is 0 Å². The Hall–Kier alpha value is -1.58. The summed E-state index contributed by atoms with van der Waals surface area (Å²) in [5.41, 5.74) is 0. The molecule has 0 N–H and O–H groups in total. The fourth-order valence-electron chi connectivity index (χ4n) is 1.77. The number of ether oxygens (including phenoxy) is 4. The highest BCUT2D eigenvalue weighted by atomic mass is 16.7. The van der Waals surface area contributed by atoms with Crippen molar-refractivity contribution in [3.8, 4) is 11.8 Å². The maximum Gasteiger partial charge on any atom is 0.320 e. The average molecular weight is 314 g/mol. The standard InChI is InChI=1S/C16H26O6/c1-5-21-14(22-6-2)12-10-8-7-9-11-13(15(17)19-3)16(18)20-4/h13-14H,5-9,11H2,1-4H3. The van der Waals surface area contributed by atoms with Crippen LogP contribution in [0.1, 0.15) is 39.5 Å². The van der Waals surface area contributed by atoms with E-state index in [-0.39, 0.29) is 0 Å². The summed E-state index contributed by atoms with van der Waals surface area (Å²) in [5.74, 6) is 3.90. The predicted molar refractivity (Wildman–Crippen MR) is 80.8 cm³/mol. The lowest BCUT2D eigenvalue weighted by atomic mass is 10.0. The fraction of sp³-hybridized carbons (Fsp3) is 0.750. The van der Waals surface area contributed by atoms with Gasteiger partial charge in [-0.1, -0.05) is 12.3 Å². The third-order valence-corrected chi connectivity index (χ3v) is 2.87. The van der Waals surface area contributed by atoms with Crippen LogP contribution < -0.4 is 0 Å². The molecular formula is C16H26O6. The molecule has 0 aliphatic rings. The first-order valence-electron chi connectivity index (χ1n) is 7.47. The van der Waals surface area contributed by atoms with E-state index in [1.807, 2.05) is 13.8 Å². The second-order valence-corrected chi connectivity index (χ2v) is 4.41. The molecule has 0 bridgehead atoms. The van der Waals surface area contributed by atoms with Crippen molar-refractivity contribution in [2.45, 2.75) is 45.8 Å². The lowest BCUT2D eigenvalue weighted by molar-refractivity contribution is -0.159. The van der Waals surface area contributed by atoms with Crippen LogP contribution in [-0.2, 0) is 28.5 Å². The second kappa shape index (κ2) is 13.1. The first kappa shape index (κ1) is 20.4. The van der Waals surface area contributed by atoms with Crippen LogP contribution in [0, 0.1) is 17.8 Å². The number of unbranched alkanes of at least 4 members (excludes halogenated alkanes) is 2. The smallest absolute Gasteiger partial charge is 0.320 e. The largest absolute Gasteiger partial charge is 0.468 e. The highest BCUT2D eigenvalue weighted by Gasteiger charge is 2.27. The molecule has 0 aromatic carbocycles. The molecule has 0 aromatic heterocycles. The molecule has 0 radical (unpaired) electrons. The Morgan fingerprint density at radius 3 is 1.95 bits per heavy atom. The molecule has 0 aromatic rings. The van der Waals surface area contributed by atoms with Crippen molar-refractivity contribution >= 4 is 11.9 Å². The van der Waals surface area contributed by atoms with Crippen molar-refractivity contribution in [1.82, 2.24) is 0 Å². The van der Waals surface area contributed by atoms with Gasteiger partial charge in [-0.3, -0.25) is 9.59 Å². The van der Waals surface area contributed by atoms with Gasteiger partial charge in [0.05, 0.1) is 14.2 Å². The number of carbonyl (C=O) groups excluding carboxylic acids is 2. The Kier molecular flexibility index (Phi) is 12.2. The average Bonchev–Trinajstić information content (AvgIpc) is 2.53. The Labute approximate surface area is 132 Å². The van der Waals surface area contributed by atoms with Crippen molar-refractivity contribution in [2.75, 3.05) is 27.4 Å². The number of rotatable bonds is 10. The van der Waals surface area contributed by atoms with Gasteiger partial charge in [0.1, 0.15) is 0 Å². The van der Waals surface area contributed by atoms with E-state index in [0.717, 1.165) is 6.42 Å². The van der Waals surface area contributed by atoms with Crippen molar-refractivity contribution in [3.63, 3.8) is 0 Å². The molecule has 0 aliphatic heterocycles. The van der Waals surface area contributed by atoms with Gasteiger partial charge in [0, 0.05) is 19.6 Å². The molecule has 0 saturated heterocycles. The number of methoxy groups -OCH3 is 2. The van der Waals surface area contributed by atoms with Crippen LogP contribution in [0.5, 0.6) is 0 Å². The van der Waals surface area contributed by atoms with Gasteiger partial charge in [0.15, 0.2) is 5.92 Å². The van der Waals surface area contributed by atoms with E-state index in [1.165, 1.54) is 14.2 Å². The van der Waals surface area contributed by atoms with E-state index >= 15 is 0 Å². The minimum atomic E-state index is -0.859. The number of hydrogen-bond acceptors (Lipinski definition) is 6. The molecule has 0 spiro atoms. The fourth-order valence-corrected chi connectivity index (χ4v) is 1.77.